The highest BCUT2D eigenvalue weighted by atomic mass is 32.2. The normalized spacial score (nSPS) is 30.9. The molecule has 7 rings (SSSR count). The number of carbonyl (C=O) groups is 1. The molecule has 9 nitrogen and oxygen atoms in total. The van der Waals surface area contributed by atoms with Crippen LogP contribution in [0.5, 0.6) is 0 Å². The molecule has 4 fully saturated rings. The number of imidazole rings is 1. The second-order valence-corrected chi connectivity index (χ2v) is 12.5. The highest BCUT2D eigenvalue weighted by molar-refractivity contribution is 7.89. The van der Waals surface area contributed by atoms with Crippen molar-refractivity contribution in [2.45, 2.75) is 63.4 Å². The Morgan fingerprint density at radius 2 is 1.79 bits per heavy atom. The van der Waals surface area contributed by atoms with E-state index in [1.54, 1.807) is 18.5 Å². The standard InChI is InChI=1S/C23H30N6O3S/c1-14-26-20(12-28(14)2)33(31,32)29-4-3-18-19(11-29)24-13-25-21(18)27-22(30)23-8-15-5-16(9-23)7-17(6-15)10-23/h12-13,15-17H,3-11H2,1-2H3,(H,24,25,27,30). The number of sulfonamides is 1. The maximum absolute atomic E-state index is 13.5. The summed E-state index contributed by atoms with van der Waals surface area (Å²) in [7, 11) is -1.94. The topological polar surface area (TPSA) is 110 Å². The van der Waals surface area contributed by atoms with Crippen molar-refractivity contribution in [2.75, 3.05) is 11.9 Å². The van der Waals surface area contributed by atoms with Crippen molar-refractivity contribution >= 4 is 21.7 Å². The van der Waals surface area contributed by atoms with Crippen molar-refractivity contribution in [3.8, 4) is 0 Å². The van der Waals surface area contributed by atoms with Gasteiger partial charge in [-0.2, -0.15) is 4.31 Å². The summed E-state index contributed by atoms with van der Waals surface area (Å²) in [5, 5.41) is 3.20. The fraction of sp³-hybridized carbons (Fsp3) is 0.652. The Balaban J connectivity index is 1.23. The molecule has 0 radical (unpaired) electrons. The van der Waals surface area contributed by atoms with Gasteiger partial charge in [-0.05, 0) is 69.6 Å². The molecule has 0 atom stereocenters. The van der Waals surface area contributed by atoms with Gasteiger partial charge in [-0.15, -0.1) is 0 Å². The molecule has 3 heterocycles. The number of carbonyl (C=O) groups excluding carboxylic acids is 1. The van der Waals surface area contributed by atoms with Gasteiger partial charge < -0.3 is 9.88 Å². The van der Waals surface area contributed by atoms with Crippen molar-refractivity contribution in [3.63, 3.8) is 0 Å². The second kappa shape index (κ2) is 7.33. The summed E-state index contributed by atoms with van der Waals surface area (Å²) >= 11 is 0. The lowest BCUT2D eigenvalue weighted by Crippen LogP contribution is -2.52. The number of hydrogen-bond acceptors (Lipinski definition) is 6. The van der Waals surface area contributed by atoms with Crippen LogP contribution in [-0.4, -0.2) is 44.7 Å². The summed E-state index contributed by atoms with van der Waals surface area (Å²) < 4.78 is 29.4. The molecule has 33 heavy (non-hydrogen) atoms. The summed E-state index contributed by atoms with van der Waals surface area (Å²) in [5.41, 5.74) is 1.24. The number of amides is 1. The Hall–Kier alpha value is -2.33. The molecule has 0 aromatic carbocycles. The van der Waals surface area contributed by atoms with Crippen molar-refractivity contribution in [1.29, 1.82) is 0 Å². The van der Waals surface area contributed by atoms with Crippen LogP contribution in [0.3, 0.4) is 0 Å². The lowest BCUT2D eigenvalue weighted by molar-refractivity contribution is -0.140. The first-order valence-corrected chi connectivity index (χ1v) is 13.3. The van der Waals surface area contributed by atoms with Crippen LogP contribution in [0.2, 0.25) is 0 Å². The Kier molecular flexibility index (Phi) is 4.72. The van der Waals surface area contributed by atoms with Crippen LogP contribution in [0.4, 0.5) is 5.82 Å². The Morgan fingerprint density at radius 3 is 2.39 bits per heavy atom. The fourth-order valence-corrected chi connectivity index (χ4v) is 8.48. The molecule has 0 spiro atoms. The number of hydrogen-bond donors (Lipinski definition) is 1. The van der Waals surface area contributed by atoms with Crippen molar-refractivity contribution in [2.24, 2.45) is 30.2 Å². The molecule has 1 N–H and O–H groups in total. The van der Waals surface area contributed by atoms with E-state index < -0.39 is 10.0 Å². The number of nitrogens with zero attached hydrogens (tertiary/aromatic N) is 5. The number of aromatic nitrogens is 4. The number of anilines is 1. The highest BCUT2D eigenvalue weighted by Crippen LogP contribution is 2.60. The van der Waals surface area contributed by atoms with Gasteiger partial charge in [0.15, 0.2) is 5.03 Å². The Bertz CT molecular complexity index is 1180. The SMILES string of the molecule is Cc1nc(S(=O)(=O)N2CCc3c(ncnc3NC(=O)C34CC5CC(CC(C5)C3)C4)C2)cn1C. The van der Waals surface area contributed by atoms with Gasteiger partial charge in [0.25, 0.3) is 10.0 Å². The van der Waals surface area contributed by atoms with E-state index in [2.05, 4.69) is 20.3 Å². The predicted molar refractivity (Wildman–Crippen MR) is 121 cm³/mol. The smallest absolute Gasteiger partial charge is 0.262 e. The van der Waals surface area contributed by atoms with Gasteiger partial charge >= 0.3 is 0 Å². The fourth-order valence-electron chi connectivity index (χ4n) is 7.05. The maximum atomic E-state index is 13.5. The van der Waals surface area contributed by atoms with Crippen LogP contribution < -0.4 is 5.32 Å². The first kappa shape index (κ1) is 21.2. The van der Waals surface area contributed by atoms with Gasteiger partial charge in [0.05, 0.1) is 17.7 Å². The van der Waals surface area contributed by atoms with E-state index in [0.29, 0.717) is 48.1 Å². The maximum Gasteiger partial charge on any atom is 0.262 e. The van der Waals surface area contributed by atoms with Crippen molar-refractivity contribution in [1.82, 2.24) is 23.8 Å². The summed E-state index contributed by atoms with van der Waals surface area (Å²) in [5.74, 6) is 3.36. The summed E-state index contributed by atoms with van der Waals surface area (Å²) in [6, 6.07) is 0. The lowest BCUT2D eigenvalue weighted by Gasteiger charge is -2.55. The van der Waals surface area contributed by atoms with Crippen LogP contribution in [0.1, 0.15) is 55.6 Å². The zero-order chi connectivity index (χ0) is 23.0. The number of fused-ring (bicyclic) bond motifs is 1. The molecule has 4 saturated carbocycles. The highest BCUT2D eigenvalue weighted by Gasteiger charge is 2.54. The third kappa shape index (κ3) is 3.41. The van der Waals surface area contributed by atoms with Crippen molar-refractivity contribution in [3.05, 3.63) is 29.6 Å². The molecule has 1 aliphatic heterocycles. The van der Waals surface area contributed by atoms with Gasteiger partial charge in [-0.1, -0.05) is 0 Å². The van der Waals surface area contributed by atoms with Crippen LogP contribution in [0, 0.1) is 30.1 Å². The summed E-state index contributed by atoms with van der Waals surface area (Å²) in [6.07, 6.45) is 10.3. The average molecular weight is 471 g/mol. The molecule has 2 aromatic rings. The summed E-state index contributed by atoms with van der Waals surface area (Å²) in [4.78, 5) is 26.5. The van der Waals surface area contributed by atoms with E-state index in [1.807, 2.05) is 0 Å². The van der Waals surface area contributed by atoms with Gasteiger partial charge in [0, 0.05) is 25.4 Å². The minimum atomic E-state index is -3.72. The monoisotopic (exact) mass is 470 g/mol. The Morgan fingerprint density at radius 1 is 1.12 bits per heavy atom. The van der Waals surface area contributed by atoms with Crippen LogP contribution >= 0.6 is 0 Å². The van der Waals surface area contributed by atoms with Crippen LogP contribution in [-0.2, 0) is 34.8 Å². The van der Waals surface area contributed by atoms with E-state index in [4.69, 9.17) is 0 Å². The molecule has 10 heteroatoms. The zero-order valence-corrected chi connectivity index (χ0v) is 19.9. The average Bonchev–Trinajstić information content (AvgIpc) is 3.12. The molecule has 4 aliphatic carbocycles. The molecule has 5 aliphatic rings. The van der Waals surface area contributed by atoms with Crippen molar-refractivity contribution < 1.29 is 13.2 Å². The van der Waals surface area contributed by atoms with E-state index in [-0.39, 0.29) is 22.9 Å². The van der Waals surface area contributed by atoms with E-state index in [0.717, 1.165) is 24.8 Å². The van der Waals surface area contributed by atoms with Gasteiger partial charge in [-0.3, -0.25) is 4.79 Å². The molecular weight excluding hydrogens is 440 g/mol. The quantitative estimate of drug-likeness (QED) is 0.735. The molecular formula is C23H30N6O3S. The van der Waals surface area contributed by atoms with Crippen LogP contribution in [0.15, 0.2) is 17.6 Å². The van der Waals surface area contributed by atoms with Gasteiger partial charge in [0.1, 0.15) is 18.0 Å². The van der Waals surface area contributed by atoms with E-state index in [1.165, 1.54) is 36.1 Å². The number of rotatable bonds is 4. The van der Waals surface area contributed by atoms with Gasteiger partial charge in [-0.25, -0.2) is 23.4 Å². The number of aryl methyl sites for hydroxylation is 2. The summed E-state index contributed by atoms with van der Waals surface area (Å²) in [6.45, 7) is 2.23. The Labute approximate surface area is 194 Å². The third-order valence-corrected chi connectivity index (χ3v) is 10.1. The second-order valence-electron chi connectivity index (χ2n) is 10.6. The molecule has 176 valence electrons. The zero-order valence-electron chi connectivity index (χ0n) is 19.1. The van der Waals surface area contributed by atoms with Gasteiger partial charge in [0.2, 0.25) is 5.91 Å². The number of nitrogens with one attached hydrogen (secondary N) is 1. The minimum Gasteiger partial charge on any atom is -0.337 e. The molecule has 4 bridgehead atoms. The van der Waals surface area contributed by atoms with Crippen LogP contribution in [0.25, 0.3) is 0 Å². The molecule has 0 saturated heterocycles. The first-order valence-electron chi connectivity index (χ1n) is 11.9. The lowest BCUT2D eigenvalue weighted by atomic mass is 9.49. The molecule has 1 amide bonds. The van der Waals surface area contributed by atoms with E-state index in [9.17, 15) is 13.2 Å². The predicted octanol–water partition coefficient (Wildman–Crippen LogP) is 2.42. The third-order valence-electron chi connectivity index (χ3n) is 8.41. The molecule has 2 aromatic heterocycles. The molecule has 0 unspecified atom stereocenters. The minimum absolute atomic E-state index is 0.0512. The first-order chi connectivity index (χ1) is 15.7. The van der Waals surface area contributed by atoms with E-state index >= 15 is 0 Å². The largest absolute Gasteiger partial charge is 0.337 e.